The van der Waals surface area contributed by atoms with Crippen molar-refractivity contribution in [3.8, 4) is 5.75 Å². The van der Waals surface area contributed by atoms with Crippen LogP contribution in [-0.4, -0.2) is 42.1 Å². The molecule has 7 nitrogen and oxygen atoms in total. The summed E-state index contributed by atoms with van der Waals surface area (Å²) in [6.45, 7) is 4.06. The Balaban J connectivity index is 1.93. The van der Waals surface area contributed by atoms with E-state index in [1.165, 1.54) is 0 Å². The molecule has 2 aromatic rings. The van der Waals surface area contributed by atoms with Crippen molar-refractivity contribution in [2.24, 2.45) is 0 Å². The number of aryl methyl sites for hydroxylation is 1. The van der Waals surface area contributed by atoms with Crippen molar-refractivity contribution in [3.05, 3.63) is 41.7 Å². The van der Waals surface area contributed by atoms with E-state index in [9.17, 15) is 9.59 Å². The van der Waals surface area contributed by atoms with Gasteiger partial charge in [-0.15, -0.1) is 0 Å². The highest BCUT2D eigenvalue weighted by atomic mass is 16.5. The van der Waals surface area contributed by atoms with Crippen LogP contribution in [0.1, 0.15) is 23.0 Å². The summed E-state index contributed by atoms with van der Waals surface area (Å²) >= 11 is 0. The molecule has 0 bridgehead atoms. The lowest BCUT2D eigenvalue weighted by Crippen LogP contribution is -2.26. The van der Waals surface area contributed by atoms with Crippen LogP contribution >= 0.6 is 0 Å². The molecule has 0 aliphatic rings. The first-order valence-electron chi connectivity index (χ1n) is 7.21. The zero-order valence-electron chi connectivity index (χ0n) is 13.3. The third-order valence-corrected chi connectivity index (χ3v) is 3.17. The van der Waals surface area contributed by atoms with Gasteiger partial charge in [0.15, 0.2) is 12.4 Å². The van der Waals surface area contributed by atoms with E-state index in [2.05, 4.69) is 10.5 Å². The van der Waals surface area contributed by atoms with Gasteiger partial charge in [-0.1, -0.05) is 11.2 Å². The van der Waals surface area contributed by atoms with Crippen LogP contribution in [0.2, 0.25) is 0 Å². The Morgan fingerprint density at radius 3 is 2.78 bits per heavy atom. The van der Waals surface area contributed by atoms with Crippen LogP contribution in [-0.2, 0) is 4.79 Å². The first-order valence-corrected chi connectivity index (χ1v) is 7.21. The average molecular weight is 317 g/mol. The molecule has 122 valence electrons. The van der Waals surface area contributed by atoms with Crippen LogP contribution in [0.4, 0.5) is 5.82 Å². The molecular weight excluding hydrogens is 298 g/mol. The third kappa shape index (κ3) is 4.57. The largest absolute Gasteiger partial charge is 0.484 e. The van der Waals surface area contributed by atoms with Crippen molar-refractivity contribution in [2.45, 2.75) is 13.8 Å². The number of anilines is 1. The molecule has 23 heavy (non-hydrogen) atoms. The lowest BCUT2D eigenvalue weighted by molar-refractivity contribution is -0.118. The Morgan fingerprint density at radius 2 is 2.13 bits per heavy atom. The highest BCUT2D eigenvalue weighted by molar-refractivity contribution is 5.94. The van der Waals surface area contributed by atoms with Gasteiger partial charge in [-0.2, -0.15) is 0 Å². The Labute approximate surface area is 134 Å². The lowest BCUT2D eigenvalue weighted by Gasteiger charge is -2.15. The van der Waals surface area contributed by atoms with Gasteiger partial charge in [0.2, 0.25) is 0 Å². The van der Waals surface area contributed by atoms with Crippen molar-refractivity contribution in [2.75, 3.05) is 25.5 Å². The summed E-state index contributed by atoms with van der Waals surface area (Å²) in [6, 6.07) is 8.33. The molecule has 7 heteroatoms. The molecular formula is C16H19N3O4. The van der Waals surface area contributed by atoms with Gasteiger partial charge >= 0.3 is 0 Å². The number of nitrogens with one attached hydrogen (secondary N) is 1. The zero-order valence-corrected chi connectivity index (χ0v) is 13.3. The molecule has 0 unspecified atom stereocenters. The van der Waals surface area contributed by atoms with Gasteiger partial charge in [-0.05, 0) is 32.0 Å². The molecule has 1 aromatic heterocycles. The van der Waals surface area contributed by atoms with E-state index in [1.54, 1.807) is 49.2 Å². The molecule has 0 aliphatic heterocycles. The maximum Gasteiger partial charge on any atom is 0.263 e. The molecule has 1 N–H and O–H groups in total. The Bertz CT molecular complexity index is 696. The zero-order chi connectivity index (χ0) is 16.8. The number of rotatable bonds is 6. The van der Waals surface area contributed by atoms with E-state index in [4.69, 9.17) is 9.26 Å². The molecule has 0 aliphatic carbocycles. The van der Waals surface area contributed by atoms with Crippen LogP contribution < -0.4 is 10.1 Å². The fraction of sp³-hybridized carbons (Fsp3) is 0.312. The molecule has 0 atom stereocenters. The monoisotopic (exact) mass is 317 g/mol. The van der Waals surface area contributed by atoms with Crippen molar-refractivity contribution in [1.82, 2.24) is 10.1 Å². The van der Waals surface area contributed by atoms with Gasteiger partial charge < -0.3 is 19.5 Å². The van der Waals surface area contributed by atoms with Crippen molar-refractivity contribution in [1.29, 1.82) is 0 Å². The smallest absolute Gasteiger partial charge is 0.263 e. The fourth-order valence-corrected chi connectivity index (χ4v) is 1.84. The summed E-state index contributed by atoms with van der Waals surface area (Å²) in [5.41, 5.74) is 0.513. The first-order chi connectivity index (χ1) is 11.0. The fourth-order valence-electron chi connectivity index (χ4n) is 1.84. The lowest BCUT2D eigenvalue weighted by atomic mass is 10.2. The van der Waals surface area contributed by atoms with Gasteiger partial charge in [-0.25, -0.2) is 0 Å². The number of nitrogens with zero attached hydrogens (tertiary/aromatic N) is 2. The Kier molecular flexibility index (Phi) is 5.35. The molecule has 1 heterocycles. The highest BCUT2D eigenvalue weighted by Crippen LogP contribution is 2.15. The number of hydrogen-bond acceptors (Lipinski definition) is 5. The summed E-state index contributed by atoms with van der Waals surface area (Å²) in [7, 11) is 1.73. The number of amides is 2. The van der Waals surface area contributed by atoms with Crippen LogP contribution in [0.15, 0.2) is 34.9 Å². The maximum atomic E-state index is 12.1. The third-order valence-electron chi connectivity index (χ3n) is 3.17. The predicted molar refractivity (Wildman–Crippen MR) is 84.4 cm³/mol. The molecule has 0 saturated carbocycles. The van der Waals surface area contributed by atoms with E-state index in [0.29, 0.717) is 29.4 Å². The highest BCUT2D eigenvalue weighted by Gasteiger charge is 2.12. The van der Waals surface area contributed by atoms with E-state index >= 15 is 0 Å². The first kappa shape index (κ1) is 16.5. The van der Waals surface area contributed by atoms with E-state index in [1.807, 2.05) is 6.92 Å². The Morgan fingerprint density at radius 1 is 1.35 bits per heavy atom. The van der Waals surface area contributed by atoms with Crippen LogP contribution in [0.3, 0.4) is 0 Å². The van der Waals surface area contributed by atoms with Gasteiger partial charge in [0.05, 0.1) is 0 Å². The number of benzene rings is 1. The van der Waals surface area contributed by atoms with Crippen LogP contribution in [0, 0.1) is 6.92 Å². The summed E-state index contributed by atoms with van der Waals surface area (Å²) < 4.78 is 10.3. The van der Waals surface area contributed by atoms with E-state index in [-0.39, 0.29) is 18.4 Å². The van der Waals surface area contributed by atoms with E-state index in [0.717, 1.165) is 0 Å². The summed E-state index contributed by atoms with van der Waals surface area (Å²) in [5.74, 6) is 0.935. The second kappa shape index (κ2) is 7.44. The standard InChI is InChI=1S/C16H19N3O4/c1-4-19(3)16(21)12-6-5-7-13(9-12)22-10-15(20)17-14-8-11(2)23-18-14/h5-9H,4,10H2,1-3H3,(H,17,18,20). The molecule has 0 fully saturated rings. The minimum absolute atomic E-state index is 0.0968. The molecule has 0 radical (unpaired) electrons. The van der Waals surface area contributed by atoms with Gasteiger partial charge in [0, 0.05) is 25.2 Å². The maximum absolute atomic E-state index is 12.1. The minimum atomic E-state index is -0.360. The number of aromatic nitrogens is 1. The van der Waals surface area contributed by atoms with Crippen LogP contribution in [0.25, 0.3) is 0 Å². The summed E-state index contributed by atoms with van der Waals surface area (Å²) in [4.78, 5) is 25.5. The molecule has 2 amide bonds. The second-order valence-corrected chi connectivity index (χ2v) is 5.01. The van der Waals surface area contributed by atoms with Gasteiger partial charge in [0.25, 0.3) is 11.8 Å². The minimum Gasteiger partial charge on any atom is -0.484 e. The number of carbonyl (C=O) groups excluding carboxylic acids is 2. The summed E-state index contributed by atoms with van der Waals surface area (Å²) in [5, 5.41) is 6.22. The van der Waals surface area contributed by atoms with Gasteiger partial charge in [-0.3, -0.25) is 9.59 Å². The van der Waals surface area contributed by atoms with Crippen molar-refractivity contribution < 1.29 is 18.8 Å². The summed E-state index contributed by atoms with van der Waals surface area (Å²) in [6.07, 6.45) is 0. The van der Waals surface area contributed by atoms with Crippen molar-refractivity contribution in [3.63, 3.8) is 0 Å². The number of carbonyl (C=O) groups is 2. The Hall–Kier alpha value is -2.83. The van der Waals surface area contributed by atoms with Gasteiger partial charge in [0.1, 0.15) is 11.5 Å². The number of ether oxygens (including phenoxy) is 1. The number of hydrogen-bond donors (Lipinski definition) is 1. The SMILES string of the molecule is CCN(C)C(=O)c1cccc(OCC(=O)Nc2cc(C)on2)c1. The topological polar surface area (TPSA) is 84.7 Å². The second-order valence-electron chi connectivity index (χ2n) is 5.01. The molecule has 0 spiro atoms. The molecule has 0 saturated heterocycles. The molecule has 2 rings (SSSR count). The quantitative estimate of drug-likeness (QED) is 0.882. The van der Waals surface area contributed by atoms with Crippen LogP contribution in [0.5, 0.6) is 5.75 Å². The van der Waals surface area contributed by atoms with E-state index < -0.39 is 0 Å². The van der Waals surface area contributed by atoms with Crippen molar-refractivity contribution >= 4 is 17.6 Å². The predicted octanol–water partition coefficient (Wildman–Crippen LogP) is 2.09. The normalized spacial score (nSPS) is 10.2. The molecule has 1 aromatic carbocycles. The average Bonchev–Trinajstić information content (AvgIpc) is 2.96.